The number of methoxy groups -OCH3 is 1. The Morgan fingerprint density at radius 2 is 2.26 bits per heavy atom. The molecular weight excluding hydrogens is 340 g/mol. The van der Waals surface area contributed by atoms with Crippen LogP contribution < -0.4 is 20.3 Å². The van der Waals surface area contributed by atoms with E-state index in [-0.39, 0.29) is 11.3 Å². The molecule has 0 spiro atoms. The molecule has 0 aromatic carbocycles. The summed E-state index contributed by atoms with van der Waals surface area (Å²) in [6, 6.07) is 1.47. The van der Waals surface area contributed by atoms with Crippen LogP contribution in [-0.4, -0.2) is 41.7 Å². The number of thiazole rings is 1. The summed E-state index contributed by atoms with van der Waals surface area (Å²) in [5.41, 5.74) is 1.00. The van der Waals surface area contributed by atoms with Gasteiger partial charge in [-0.25, -0.2) is 14.8 Å². The number of anilines is 2. The van der Waals surface area contributed by atoms with Gasteiger partial charge in [-0.05, 0) is 11.6 Å². The zero-order chi connectivity index (χ0) is 16.4. The molecule has 1 aliphatic heterocycles. The first-order valence-electron chi connectivity index (χ1n) is 6.90. The SMILES string of the molecule is CNC(=O)Nc1nc2c(s1)CN(c1cc(OC)nc(Cl)n1)CC2. The van der Waals surface area contributed by atoms with Crippen LogP contribution in [-0.2, 0) is 13.0 Å². The van der Waals surface area contributed by atoms with Crippen LogP contribution in [0.3, 0.4) is 0 Å². The van der Waals surface area contributed by atoms with Crippen molar-refractivity contribution in [1.29, 1.82) is 0 Å². The third-order valence-corrected chi connectivity index (χ3v) is 4.54. The van der Waals surface area contributed by atoms with Gasteiger partial charge in [-0.15, -0.1) is 0 Å². The number of urea groups is 1. The average molecular weight is 355 g/mol. The monoisotopic (exact) mass is 354 g/mol. The normalized spacial score (nSPS) is 13.4. The summed E-state index contributed by atoms with van der Waals surface area (Å²) in [6.45, 7) is 1.41. The number of carbonyl (C=O) groups is 1. The lowest BCUT2D eigenvalue weighted by Crippen LogP contribution is -2.30. The Hall–Kier alpha value is -2.13. The summed E-state index contributed by atoms with van der Waals surface area (Å²) in [6.07, 6.45) is 0.769. The minimum atomic E-state index is -0.278. The van der Waals surface area contributed by atoms with Gasteiger partial charge in [0.05, 0.1) is 19.3 Å². The molecule has 0 radical (unpaired) electrons. The van der Waals surface area contributed by atoms with Crippen LogP contribution in [0.1, 0.15) is 10.6 Å². The van der Waals surface area contributed by atoms with Gasteiger partial charge >= 0.3 is 6.03 Å². The van der Waals surface area contributed by atoms with Gasteiger partial charge in [-0.1, -0.05) is 11.3 Å². The molecule has 8 nitrogen and oxygen atoms in total. The second-order valence-corrected chi connectivity index (χ2v) is 6.22. The molecule has 0 bridgehead atoms. The van der Waals surface area contributed by atoms with E-state index in [2.05, 4.69) is 30.5 Å². The van der Waals surface area contributed by atoms with Crippen molar-refractivity contribution in [3.63, 3.8) is 0 Å². The van der Waals surface area contributed by atoms with Crippen molar-refractivity contribution in [2.24, 2.45) is 0 Å². The maximum Gasteiger partial charge on any atom is 0.320 e. The smallest absolute Gasteiger partial charge is 0.320 e. The van der Waals surface area contributed by atoms with E-state index >= 15 is 0 Å². The second-order valence-electron chi connectivity index (χ2n) is 4.80. The molecule has 3 heterocycles. The van der Waals surface area contributed by atoms with E-state index in [1.807, 2.05) is 0 Å². The fourth-order valence-corrected chi connectivity index (χ4v) is 3.44. The number of nitrogens with one attached hydrogen (secondary N) is 2. The molecule has 0 aliphatic carbocycles. The standard InChI is InChI=1S/C13H15ClN6O2S/c1-15-12(21)19-13-16-7-3-4-20(6-8(7)23-13)9-5-10(22-2)18-11(14)17-9/h5H,3-4,6H2,1-2H3,(H2,15,16,19,21). The van der Waals surface area contributed by atoms with E-state index in [0.717, 1.165) is 23.5 Å². The molecule has 0 saturated carbocycles. The Morgan fingerprint density at radius 3 is 3.00 bits per heavy atom. The molecule has 23 heavy (non-hydrogen) atoms. The van der Waals surface area contributed by atoms with Gasteiger partial charge in [-0.3, -0.25) is 5.32 Å². The van der Waals surface area contributed by atoms with Gasteiger partial charge in [0, 0.05) is 31.0 Å². The number of fused-ring (bicyclic) bond motifs is 1. The Kier molecular flexibility index (Phi) is 4.49. The number of aromatic nitrogens is 3. The Balaban J connectivity index is 1.80. The number of nitrogens with zero attached hydrogens (tertiary/aromatic N) is 4. The topological polar surface area (TPSA) is 92.3 Å². The summed E-state index contributed by atoms with van der Waals surface area (Å²) in [5, 5.41) is 5.95. The highest BCUT2D eigenvalue weighted by Crippen LogP contribution is 2.31. The minimum Gasteiger partial charge on any atom is -0.481 e. The molecule has 2 amide bonds. The molecule has 1 aliphatic rings. The maximum atomic E-state index is 11.4. The quantitative estimate of drug-likeness (QED) is 0.818. The number of ether oxygens (including phenoxy) is 1. The lowest BCUT2D eigenvalue weighted by Gasteiger charge is -2.27. The molecule has 0 unspecified atom stereocenters. The lowest BCUT2D eigenvalue weighted by atomic mass is 10.2. The number of rotatable bonds is 3. The van der Waals surface area contributed by atoms with E-state index in [4.69, 9.17) is 16.3 Å². The van der Waals surface area contributed by atoms with Gasteiger partial charge in [0.1, 0.15) is 5.82 Å². The molecule has 0 saturated heterocycles. The predicted molar refractivity (Wildman–Crippen MR) is 88.5 cm³/mol. The van der Waals surface area contributed by atoms with E-state index in [1.165, 1.54) is 18.4 Å². The first-order chi connectivity index (χ1) is 11.1. The number of hydrogen-bond donors (Lipinski definition) is 2. The van der Waals surface area contributed by atoms with Gasteiger partial charge in [0.2, 0.25) is 11.2 Å². The van der Waals surface area contributed by atoms with Gasteiger partial charge < -0.3 is 15.0 Å². The van der Waals surface area contributed by atoms with Crippen LogP contribution >= 0.6 is 22.9 Å². The predicted octanol–water partition coefficient (Wildman–Crippen LogP) is 1.91. The molecule has 10 heteroatoms. The number of hydrogen-bond acceptors (Lipinski definition) is 7. The fourth-order valence-electron chi connectivity index (χ4n) is 2.26. The highest BCUT2D eigenvalue weighted by molar-refractivity contribution is 7.15. The number of amides is 2. The summed E-state index contributed by atoms with van der Waals surface area (Å²) in [4.78, 5) is 27.2. The van der Waals surface area contributed by atoms with Crippen LogP contribution in [0.4, 0.5) is 15.7 Å². The number of halogens is 1. The summed E-state index contributed by atoms with van der Waals surface area (Å²) >= 11 is 7.39. The van der Waals surface area contributed by atoms with Crippen molar-refractivity contribution < 1.29 is 9.53 Å². The van der Waals surface area contributed by atoms with Crippen molar-refractivity contribution in [2.75, 3.05) is 30.9 Å². The van der Waals surface area contributed by atoms with E-state index in [0.29, 0.717) is 23.4 Å². The molecule has 2 aromatic rings. The molecular formula is C13H15ClN6O2S. The molecule has 0 fully saturated rings. The van der Waals surface area contributed by atoms with Crippen LogP contribution in [0, 0.1) is 0 Å². The Labute approximate surface area is 141 Å². The third kappa shape index (κ3) is 3.45. The lowest BCUT2D eigenvalue weighted by molar-refractivity contribution is 0.254. The fraction of sp³-hybridized carbons (Fsp3) is 0.385. The first kappa shape index (κ1) is 15.8. The Morgan fingerprint density at radius 1 is 1.43 bits per heavy atom. The Bertz CT molecular complexity index is 737. The van der Waals surface area contributed by atoms with Gasteiger partial charge in [0.25, 0.3) is 0 Å². The van der Waals surface area contributed by atoms with Crippen molar-refractivity contribution in [2.45, 2.75) is 13.0 Å². The molecule has 3 rings (SSSR count). The van der Waals surface area contributed by atoms with E-state index < -0.39 is 0 Å². The van der Waals surface area contributed by atoms with Crippen LogP contribution in [0.2, 0.25) is 5.28 Å². The number of carbonyl (C=O) groups excluding carboxylic acids is 1. The van der Waals surface area contributed by atoms with Crippen LogP contribution in [0.5, 0.6) is 5.88 Å². The highest BCUT2D eigenvalue weighted by Gasteiger charge is 2.23. The van der Waals surface area contributed by atoms with Gasteiger partial charge in [0.15, 0.2) is 5.13 Å². The highest BCUT2D eigenvalue weighted by atomic mass is 35.5. The molecule has 2 aromatic heterocycles. The summed E-state index contributed by atoms with van der Waals surface area (Å²) in [7, 11) is 3.10. The first-order valence-corrected chi connectivity index (χ1v) is 8.09. The van der Waals surface area contributed by atoms with Crippen molar-refractivity contribution in [1.82, 2.24) is 20.3 Å². The van der Waals surface area contributed by atoms with Gasteiger partial charge in [-0.2, -0.15) is 4.98 Å². The van der Waals surface area contributed by atoms with E-state index in [9.17, 15) is 4.79 Å². The zero-order valence-corrected chi connectivity index (χ0v) is 14.2. The third-order valence-electron chi connectivity index (χ3n) is 3.37. The zero-order valence-electron chi connectivity index (χ0n) is 12.6. The molecule has 122 valence electrons. The maximum absolute atomic E-state index is 11.4. The molecule has 0 atom stereocenters. The second kappa shape index (κ2) is 6.55. The summed E-state index contributed by atoms with van der Waals surface area (Å²) in [5.74, 6) is 1.14. The van der Waals surface area contributed by atoms with Crippen molar-refractivity contribution in [3.8, 4) is 5.88 Å². The average Bonchev–Trinajstić information content (AvgIpc) is 2.95. The van der Waals surface area contributed by atoms with E-state index in [1.54, 1.807) is 13.1 Å². The largest absolute Gasteiger partial charge is 0.481 e. The van der Waals surface area contributed by atoms with Crippen molar-refractivity contribution in [3.05, 3.63) is 21.9 Å². The van der Waals surface area contributed by atoms with Crippen LogP contribution in [0.25, 0.3) is 0 Å². The van der Waals surface area contributed by atoms with Crippen LogP contribution in [0.15, 0.2) is 6.07 Å². The minimum absolute atomic E-state index is 0.149. The van der Waals surface area contributed by atoms with Crippen molar-refractivity contribution >= 4 is 39.9 Å². The summed E-state index contributed by atoms with van der Waals surface area (Å²) < 4.78 is 5.13. The molecule has 2 N–H and O–H groups in total.